The fourth-order valence-electron chi connectivity index (χ4n) is 0.941. The van der Waals surface area contributed by atoms with Gasteiger partial charge in [0.1, 0.15) is 0 Å². The highest BCUT2D eigenvalue weighted by atomic mass is 15.8. The van der Waals surface area contributed by atoms with Gasteiger partial charge in [0.05, 0.1) is 18.0 Å². The maximum Gasteiger partial charge on any atom is 0.162 e. The van der Waals surface area contributed by atoms with Crippen LogP contribution in [-0.2, 0) is 0 Å². The van der Waals surface area contributed by atoms with Crippen molar-refractivity contribution in [1.82, 2.24) is 20.6 Å². The van der Waals surface area contributed by atoms with Crippen LogP contribution in [0.2, 0.25) is 0 Å². The first-order chi connectivity index (χ1) is 6.36. The van der Waals surface area contributed by atoms with E-state index in [1.165, 1.54) is 5.12 Å². The third-order valence-corrected chi connectivity index (χ3v) is 1.48. The first-order valence-corrected chi connectivity index (χ1v) is 3.68. The number of hydrazone groups is 1. The van der Waals surface area contributed by atoms with Crippen molar-refractivity contribution < 1.29 is 0 Å². The van der Waals surface area contributed by atoms with Gasteiger partial charge in [-0.15, -0.1) is 0 Å². The molecule has 0 saturated carbocycles. The van der Waals surface area contributed by atoms with E-state index >= 15 is 0 Å². The Labute approximate surface area is 74.7 Å². The van der Waals surface area contributed by atoms with Crippen LogP contribution in [0.5, 0.6) is 0 Å². The number of hydrogen-bond donors (Lipinski definition) is 2. The van der Waals surface area contributed by atoms with E-state index in [0.717, 1.165) is 5.57 Å². The SMILES string of the molecule is NN1C=C(c2ncccn2)C=NN1. The molecule has 0 saturated heterocycles. The van der Waals surface area contributed by atoms with E-state index in [1.807, 2.05) is 0 Å². The summed E-state index contributed by atoms with van der Waals surface area (Å²) in [4.78, 5) is 8.11. The molecule has 0 radical (unpaired) electrons. The lowest BCUT2D eigenvalue weighted by Crippen LogP contribution is -2.38. The summed E-state index contributed by atoms with van der Waals surface area (Å²) in [6.07, 6.45) is 6.60. The van der Waals surface area contributed by atoms with Crippen LogP contribution >= 0.6 is 0 Å². The minimum Gasteiger partial charge on any atom is -0.236 e. The average molecular weight is 176 g/mol. The van der Waals surface area contributed by atoms with Crippen molar-refractivity contribution in [2.75, 3.05) is 0 Å². The van der Waals surface area contributed by atoms with Gasteiger partial charge in [-0.2, -0.15) is 5.10 Å². The lowest BCUT2D eigenvalue weighted by Gasteiger charge is -2.16. The van der Waals surface area contributed by atoms with E-state index < -0.39 is 0 Å². The van der Waals surface area contributed by atoms with Crippen molar-refractivity contribution in [3.8, 4) is 0 Å². The largest absolute Gasteiger partial charge is 0.236 e. The summed E-state index contributed by atoms with van der Waals surface area (Å²) in [5.41, 5.74) is 3.30. The monoisotopic (exact) mass is 176 g/mol. The van der Waals surface area contributed by atoms with Crippen molar-refractivity contribution in [3.63, 3.8) is 0 Å². The van der Waals surface area contributed by atoms with Crippen molar-refractivity contribution >= 4 is 11.8 Å². The van der Waals surface area contributed by atoms with E-state index in [-0.39, 0.29) is 0 Å². The van der Waals surface area contributed by atoms with E-state index in [9.17, 15) is 0 Å². The molecule has 6 heteroatoms. The Morgan fingerprint density at radius 3 is 2.77 bits per heavy atom. The number of nitrogens with two attached hydrogens (primary N) is 1. The number of allylic oxidation sites excluding steroid dienone is 1. The van der Waals surface area contributed by atoms with Gasteiger partial charge in [0.15, 0.2) is 5.82 Å². The van der Waals surface area contributed by atoms with Gasteiger partial charge in [-0.3, -0.25) is 0 Å². The van der Waals surface area contributed by atoms with Crippen molar-refractivity contribution in [3.05, 3.63) is 30.5 Å². The molecule has 66 valence electrons. The normalized spacial score (nSPS) is 15.2. The zero-order valence-corrected chi connectivity index (χ0v) is 6.75. The van der Waals surface area contributed by atoms with Crippen LogP contribution in [0.3, 0.4) is 0 Å². The smallest absolute Gasteiger partial charge is 0.162 e. The Hall–Kier alpha value is -1.95. The van der Waals surface area contributed by atoms with Crippen LogP contribution in [0.15, 0.2) is 29.8 Å². The number of hydrazine groups is 2. The second-order valence-corrected chi connectivity index (χ2v) is 2.42. The Morgan fingerprint density at radius 2 is 2.08 bits per heavy atom. The number of hydrogen-bond acceptors (Lipinski definition) is 6. The Morgan fingerprint density at radius 1 is 1.31 bits per heavy atom. The standard InChI is InChI=1S/C7H8N6/c8-13-5-6(4-11-12-13)7-9-2-1-3-10-7/h1-5,12H,8H2. The fraction of sp³-hybridized carbons (Fsp3) is 0. The summed E-state index contributed by atoms with van der Waals surface area (Å²) in [6.45, 7) is 0. The molecule has 0 bridgehead atoms. The highest BCUT2D eigenvalue weighted by Gasteiger charge is 2.06. The minimum absolute atomic E-state index is 0.600. The van der Waals surface area contributed by atoms with E-state index in [1.54, 1.807) is 30.9 Å². The van der Waals surface area contributed by atoms with Crippen LogP contribution in [0, 0.1) is 0 Å². The number of aromatic nitrogens is 2. The number of rotatable bonds is 1. The molecule has 1 aliphatic rings. The molecule has 0 spiro atoms. The molecule has 0 aliphatic carbocycles. The van der Waals surface area contributed by atoms with Crippen molar-refractivity contribution in [2.24, 2.45) is 10.9 Å². The molecular formula is C7H8N6. The summed E-state index contributed by atoms with van der Waals surface area (Å²) in [6, 6.07) is 1.75. The molecule has 0 fully saturated rings. The van der Waals surface area contributed by atoms with Crippen LogP contribution in [0.25, 0.3) is 5.57 Å². The lowest BCUT2D eigenvalue weighted by atomic mass is 10.3. The molecule has 2 heterocycles. The van der Waals surface area contributed by atoms with Crippen LogP contribution in [0.1, 0.15) is 5.82 Å². The molecular weight excluding hydrogens is 168 g/mol. The highest BCUT2D eigenvalue weighted by molar-refractivity contribution is 6.08. The van der Waals surface area contributed by atoms with Crippen molar-refractivity contribution in [2.45, 2.75) is 0 Å². The van der Waals surface area contributed by atoms with Crippen LogP contribution in [-0.4, -0.2) is 21.3 Å². The van der Waals surface area contributed by atoms with Gasteiger partial charge < -0.3 is 0 Å². The first-order valence-electron chi connectivity index (χ1n) is 3.68. The van der Waals surface area contributed by atoms with Gasteiger partial charge >= 0.3 is 0 Å². The van der Waals surface area contributed by atoms with E-state index in [4.69, 9.17) is 5.84 Å². The third-order valence-electron chi connectivity index (χ3n) is 1.48. The Kier molecular flexibility index (Phi) is 1.89. The molecule has 0 amide bonds. The summed E-state index contributed by atoms with van der Waals surface area (Å²) >= 11 is 0. The molecule has 1 aliphatic heterocycles. The molecule has 0 aromatic carbocycles. The van der Waals surface area contributed by atoms with Gasteiger partial charge in [-0.05, 0) is 6.07 Å². The average Bonchev–Trinajstić information content (AvgIpc) is 2.19. The molecule has 2 rings (SSSR count). The van der Waals surface area contributed by atoms with E-state index in [2.05, 4.69) is 20.6 Å². The van der Waals surface area contributed by atoms with Gasteiger partial charge in [-0.1, -0.05) is 0 Å². The zero-order valence-electron chi connectivity index (χ0n) is 6.75. The zero-order chi connectivity index (χ0) is 9.10. The van der Waals surface area contributed by atoms with Gasteiger partial charge in [0.25, 0.3) is 0 Å². The molecule has 6 nitrogen and oxygen atoms in total. The molecule has 0 atom stereocenters. The summed E-state index contributed by atoms with van der Waals surface area (Å²) in [5.74, 6) is 6.04. The predicted octanol–water partition coefficient (Wildman–Crippen LogP) is -0.503. The number of nitrogens with one attached hydrogen (secondary N) is 1. The molecule has 0 unspecified atom stereocenters. The summed E-state index contributed by atoms with van der Waals surface area (Å²) in [7, 11) is 0. The second kappa shape index (κ2) is 3.20. The molecule has 3 N–H and O–H groups in total. The first kappa shape index (κ1) is 7.69. The minimum atomic E-state index is 0.600. The number of nitrogens with zero attached hydrogens (tertiary/aromatic N) is 4. The summed E-state index contributed by atoms with van der Waals surface area (Å²) < 4.78 is 0. The highest BCUT2D eigenvalue weighted by Crippen LogP contribution is 2.07. The quantitative estimate of drug-likeness (QED) is 0.564. The maximum absolute atomic E-state index is 5.44. The Balaban J connectivity index is 2.32. The van der Waals surface area contributed by atoms with Gasteiger partial charge in [0, 0.05) is 12.4 Å². The van der Waals surface area contributed by atoms with E-state index in [0.29, 0.717) is 5.82 Å². The van der Waals surface area contributed by atoms with Crippen LogP contribution in [0.4, 0.5) is 0 Å². The lowest BCUT2D eigenvalue weighted by molar-refractivity contribution is 0.286. The topological polar surface area (TPSA) is 79.4 Å². The molecule has 13 heavy (non-hydrogen) atoms. The van der Waals surface area contributed by atoms with Gasteiger partial charge in [-0.25, -0.2) is 26.5 Å². The predicted molar refractivity (Wildman–Crippen MR) is 47.7 cm³/mol. The van der Waals surface area contributed by atoms with Crippen molar-refractivity contribution in [1.29, 1.82) is 0 Å². The van der Waals surface area contributed by atoms with Gasteiger partial charge in [0.2, 0.25) is 0 Å². The second-order valence-electron chi connectivity index (χ2n) is 2.42. The van der Waals surface area contributed by atoms with Crippen LogP contribution < -0.4 is 11.4 Å². The molecule has 1 aromatic rings. The maximum atomic E-state index is 5.44. The Bertz CT molecular complexity index is 343. The third kappa shape index (κ3) is 1.62. The molecule has 1 aromatic heterocycles. The fourth-order valence-corrected chi connectivity index (χ4v) is 0.941. The summed E-state index contributed by atoms with van der Waals surface area (Å²) in [5, 5.41) is 5.04.